The number of aromatic nitrogens is 2. The topological polar surface area (TPSA) is 125 Å². The summed E-state index contributed by atoms with van der Waals surface area (Å²) in [5, 5.41) is 21.7. The van der Waals surface area contributed by atoms with E-state index in [0.717, 1.165) is 17.5 Å². The molecular weight excluding hydrogens is 538 g/mol. The molecule has 4 aromatic rings. The smallest absolute Gasteiger partial charge is 1.00 e. The van der Waals surface area contributed by atoms with E-state index >= 15 is 0 Å². The largest absolute Gasteiger partial charge is 1.00 e. The van der Waals surface area contributed by atoms with E-state index in [1.165, 1.54) is 28.8 Å². The molecule has 1 saturated heterocycles. The summed E-state index contributed by atoms with van der Waals surface area (Å²) in [7, 11) is 0. The summed E-state index contributed by atoms with van der Waals surface area (Å²) in [5.41, 5.74) is 2.63. The van der Waals surface area contributed by atoms with Crippen molar-refractivity contribution < 1.29 is 55.2 Å². The van der Waals surface area contributed by atoms with Crippen LogP contribution in [-0.2, 0) is 17.8 Å². The summed E-state index contributed by atoms with van der Waals surface area (Å²) < 4.78 is 14.9. The van der Waals surface area contributed by atoms with Gasteiger partial charge in [-0.05, 0) is 59.9 Å². The second kappa shape index (κ2) is 13.4. The molecular formula is C30H30FN4NaO5. The van der Waals surface area contributed by atoms with Crippen LogP contribution < -0.4 is 40.4 Å². The molecule has 2 aromatic heterocycles. The van der Waals surface area contributed by atoms with Crippen molar-refractivity contribution >= 4 is 22.8 Å². The third-order valence-corrected chi connectivity index (χ3v) is 7.03. The molecule has 1 aliphatic heterocycles. The van der Waals surface area contributed by atoms with E-state index in [9.17, 15) is 29.0 Å². The average molecular weight is 569 g/mol. The molecule has 41 heavy (non-hydrogen) atoms. The van der Waals surface area contributed by atoms with Gasteiger partial charge in [-0.25, -0.2) is 4.39 Å². The van der Waals surface area contributed by atoms with Gasteiger partial charge in [-0.3, -0.25) is 19.4 Å². The standard InChI is InChI=1S/C30H29FN4O5.Na.H/c31-22-7-3-19(4-8-22)16-20-17-24-28(33-18-20)26(21-5-9-23(37)10-6-21)27(29(39)32-11-15-36)30(40)35(24)14-13-34-12-1-2-25(34)38;;/h3-10,17-18,36-37H,1-2,11-16H2,(H,32,39);;/q;+1;-1. The van der Waals surface area contributed by atoms with Crippen molar-refractivity contribution in [1.29, 1.82) is 0 Å². The van der Waals surface area contributed by atoms with E-state index in [4.69, 9.17) is 4.98 Å². The number of carbonyl (C=O) groups excluding carboxylic acids is 2. The van der Waals surface area contributed by atoms with Crippen LogP contribution in [0.2, 0.25) is 0 Å². The van der Waals surface area contributed by atoms with Crippen molar-refractivity contribution in [2.75, 3.05) is 26.2 Å². The predicted octanol–water partition coefficient (Wildman–Crippen LogP) is -0.0400. The van der Waals surface area contributed by atoms with E-state index in [-0.39, 0.29) is 73.7 Å². The molecule has 11 heteroatoms. The number of aliphatic hydroxyl groups excluding tert-OH is 1. The van der Waals surface area contributed by atoms with Gasteiger partial charge in [-0.1, -0.05) is 24.3 Å². The number of nitrogens with one attached hydrogen (secondary N) is 1. The van der Waals surface area contributed by atoms with Crippen molar-refractivity contribution in [2.24, 2.45) is 0 Å². The number of rotatable bonds is 9. The first-order chi connectivity index (χ1) is 19.4. The number of nitrogens with zero attached hydrogens (tertiary/aromatic N) is 3. The molecule has 5 rings (SSSR count). The van der Waals surface area contributed by atoms with Gasteiger partial charge in [0.15, 0.2) is 0 Å². The van der Waals surface area contributed by atoms with Gasteiger partial charge in [0, 0.05) is 44.4 Å². The normalized spacial score (nSPS) is 12.9. The van der Waals surface area contributed by atoms with E-state index in [1.807, 2.05) is 6.07 Å². The van der Waals surface area contributed by atoms with Crippen LogP contribution in [0.15, 0.2) is 65.6 Å². The minimum atomic E-state index is -0.660. The molecule has 3 heterocycles. The van der Waals surface area contributed by atoms with Crippen LogP contribution in [0.1, 0.15) is 35.8 Å². The summed E-state index contributed by atoms with van der Waals surface area (Å²) in [6, 6.07) is 14.1. The summed E-state index contributed by atoms with van der Waals surface area (Å²) in [4.78, 5) is 46.1. The Balaban J connectivity index is 0.00000242. The number of fused-ring (bicyclic) bond motifs is 1. The van der Waals surface area contributed by atoms with Crippen LogP contribution in [0, 0.1) is 5.82 Å². The summed E-state index contributed by atoms with van der Waals surface area (Å²) in [6.45, 7) is 0.710. The first kappa shape index (κ1) is 30.4. The molecule has 2 amide bonds. The molecule has 0 radical (unpaired) electrons. The molecule has 0 saturated carbocycles. The number of aromatic hydroxyl groups is 1. The summed E-state index contributed by atoms with van der Waals surface area (Å²) >= 11 is 0. The van der Waals surface area contributed by atoms with E-state index in [0.29, 0.717) is 48.1 Å². The Morgan fingerprint density at radius 2 is 1.78 bits per heavy atom. The number of pyridine rings is 2. The zero-order chi connectivity index (χ0) is 28.2. The molecule has 0 aliphatic carbocycles. The van der Waals surface area contributed by atoms with Crippen molar-refractivity contribution in [3.05, 3.63) is 93.7 Å². The minimum Gasteiger partial charge on any atom is -1.00 e. The first-order valence-corrected chi connectivity index (χ1v) is 13.1. The molecule has 0 spiro atoms. The van der Waals surface area contributed by atoms with Crippen LogP contribution in [0.3, 0.4) is 0 Å². The maximum Gasteiger partial charge on any atom is 1.00 e. The number of benzene rings is 2. The van der Waals surface area contributed by atoms with Gasteiger partial charge in [0.1, 0.15) is 17.1 Å². The number of phenolic OH excluding ortho intramolecular Hbond substituents is 1. The number of hydrogen-bond donors (Lipinski definition) is 3. The Kier molecular flexibility index (Phi) is 9.93. The molecule has 208 valence electrons. The number of phenols is 1. The number of hydrogen-bond acceptors (Lipinski definition) is 6. The van der Waals surface area contributed by atoms with Crippen LogP contribution in [0.4, 0.5) is 4.39 Å². The van der Waals surface area contributed by atoms with Crippen molar-refractivity contribution in [3.8, 4) is 16.9 Å². The van der Waals surface area contributed by atoms with Gasteiger partial charge >= 0.3 is 29.6 Å². The molecule has 3 N–H and O–H groups in total. The number of likely N-dealkylation sites (tertiary alicyclic amines) is 1. The van der Waals surface area contributed by atoms with Crippen molar-refractivity contribution in [1.82, 2.24) is 19.8 Å². The van der Waals surface area contributed by atoms with Crippen LogP contribution in [0.25, 0.3) is 22.2 Å². The van der Waals surface area contributed by atoms with Crippen LogP contribution in [-0.4, -0.2) is 62.7 Å². The average Bonchev–Trinajstić information content (AvgIpc) is 3.37. The van der Waals surface area contributed by atoms with Gasteiger partial charge < -0.3 is 26.4 Å². The third-order valence-electron chi connectivity index (χ3n) is 7.03. The molecule has 0 bridgehead atoms. The molecule has 1 aliphatic rings. The number of aliphatic hydroxyl groups is 1. The molecule has 0 unspecified atom stereocenters. The van der Waals surface area contributed by atoms with Gasteiger partial charge in [0.25, 0.3) is 11.5 Å². The van der Waals surface area contributed by atoms with Gasteiger partial charge in [0.05, 0.1) is 17.6 Å². The molecule has 9 nitrogen and oxygen atoms in total. The molecule has 2 aromatic carbocycles. The monoisotopic (exact) mass is 568 g/mol. The third kappa shape index (κ3) is 6.68. The second-order valence-electron chi connectivity index (χ2n) is 9.73. The number of carbonyl (C=O) groups is 2. The van der Waals surface area contributed by atoms with E-state index in [1.54, 1.807) is 35.4 Å². The fourth-order valence-electron chi connectivity index (χ4n) is 5.06. The maximum absolute atomic E-state index is 14.1. The van der Waals surface area contributed by atoms with Gasteiger partial charge in [0.2, 0.25) is 5.91 Å². The Bertz CT molecular complexity index is 1630. The van der Waals surface area contributed by atoms with E-state index < -0.39 is 11.5 Å². The zero-order valence-corrected chi connectivity index (χ0v) is 24.8. The predicted molar refractivity (Wildman–Crippen MR) is 149 cm³/mol. The minimum absolute atomic E-state index is 0. The Morgan fingerprint density at radius 1 is 1.05 bits per heavy atom. The fourth-order valence-corrected chi connectivity index (χ4v) is 5.06. The first-order valence-electron chi connectivity index (χ1n) is 13.1. The van der Waals surface area contributed by atoms with Crippen molar-refractivity contribution in [2.45, 2.75) is 25.8 Å². The van der Waals surface area contributed by atoms with Crippen LogP contribution >= 0.6 is 0 Å². The molecule has 0 atom stereocenters. The van der Waals surface area contributed by atoms with Gasteiger partial charge in [-0.2, -0.15) is 0 Å². The second-order valence-corrected chi connectivity index (χ2v) is 9.73. The molecule has 1 fully saturated rings. The number of amides is 2. The summed E-state index contributed by atoms with van der Waals surface area (Å²) in [6.07, 6.45) is 3.32. The Labute approximate surface area is 259 Å². The Hall–Kier alpha value is -3.57. The van der Waals surface area contributed by atoms with Crippen molar-refractivity contribution in [3.63, 3.8) is 0 Å². The maximum atomic E-state index is 14.1. The van der Waals surface area contributed by atoms with Gasteiger partial charge in [-0.15, -0.1) is 0 Å². The quantitative estimate of drug-likeness (QED) is 0.244. The van der Waals surface area contributed by atoms with Crippen LogP contribution in [0.5, 0.6) is 5.75 Å². The summed E-state index contributed by atoms with van der Waals surface area (Å²) in [5.74, 6) is -0.949. The zero-order valence-electron chi connectivity index (χ0n) is 23.8. The fraction of sp³-hybridized carbons (Fsp3) is 0.267. The SMILES string of the molecule is O=C(NCCO)c1c(-c2ccc(O)cc2)c2ncc(Cc3ccc(F)cc3)cc2n(CCN2CCCC2=O)c1=O.[H-].[Na+]. The van der Waals surface area contributed by atoms with E-state index in [2.05, 4.69) is 5.32 Å². The Morgan fingerprint density at radius 3 is 2.44 bits per heavy atom. The number of halogens is 1.